The van der Waals surface area contributed by atoms with Crippen LogP contribution in [0.5, 0.6) is 0 Å². The quantitative estimate of drug-likeness (QED) is 0.741. The molecule has 0 radical (unpaired) electrons. The molecular weight excluding hydrogens is 258 g/mol. The molecule has 1 unspecified atom stereocenters. The number of nitrogens with zero attached hydrogens (tertiary/aromatic N) is 2. The molecule has 1 amide bonds. The second-order valence-corrected chi connectivity index (χ2v) is 5.67. The van der Waals surface area contributed by atoms with E-state index in [9.17, 15) is 4.79 Å². The molecule has 0 bridgehead atoms. The summed E-state index contributed by atoms with van der Waals surface area (Å²) >= 11 is 0. The molecule has 2 aliphatic heterocycles. The predicted molar refractivity (Wildman–Crippen MR) is 76.7 cm³/mol. The van der Waals surface area contributed by atoms with E-state index in [2.05, 4.69) is 24.1 Å². The fraction of sp³-hybridized carbons (Fsp3) is 0.929. The zero-order valence-corrected chi connectivity index (χ0v) is 12.6. The summed E-state index contributed by atoms with van der Waals surface area (Å²) in [4.78, 5) is 16.6. The number of amides is 1. The monoisotopic (exact) mass is 285 g/mol. The number of carbonyl (C=O) groups excluding carboxylic acids is 1. The molecule has 0 aromatic rings. The maximum Gasteiger partial charge on any atom is 0.242 e. The fourth-order valence-corrected chi connectivity index (χ4v) is 2.55. The van der Waals surface area contributed by atoms with Gasteiger partial charge in [-0.05, 0) is 13.8 Å². The van der Waals surface area contributed by atoms with Crippen LogP contribution in [0.15, 0.2) is 0 Å². The molecule has 6 nitrogen and oxygen atoms in total. The van der Waals surface area contributed by atoms with Crippen LogP contribution in [0.3, 0.4) is 0 Å². The second kappa shape index (κ2) is 7.93. The van der Waals surface area contributed by atoms with Crippen LogP contribution < -0.4 is 5.32 Å². The lowest BCUT2D eigenvalue weighted by Crippen LogP contribution is -2.57. The van der Waals surface area contributed by atoms with Gasteiger partial charge >= 0.3 is 0 Å². The average molecular weight is 285 g/mol. The van der Waals surface area contributed by atoms with Crippen molar-refractivity contribution in [1.29, 1.82) is 0 Å². The number of carbonyl (C=O) groups is 1. The summed E-state index contributed by atoms with van der Waals surface area (Å²) < 4.78 is 10.9. The van der Waals surface area contributed by atoms with Gasteiger partial charge in [0.05, 0.1) is 25.9 Å². The summed E-state index contributed by atoms with van der Waals surface area (Å²) in [6.07, 6.45) is 0.287. The van der Waals surface area contributed by atoms with E-state index in [-0.39, 0.29) is 18.1 Å². The fourth-order valence-electron chi connectivity index (χ4n) is 2.55. The molecule has 0 saturated carbocycles. The van der Waals surface area contributed by atoms with Gasteiger partial charge in [-0.25, -0.2) is 0 Å². The van der Waals surface area contributed by atoms with Gasteiger partial charge in [-0.15, -0.1) is 0 Å². The highest BCUT2D eigenvalue weighted by Gasteiger charge is 2.28. The minimum atomic E-state index is -0.153. The number of piperazine rings is 1. The molecule has 2 saturated heterocycles. The van der Waals surface area contributed by atoms with Crippen molar-refractivity contribution in [2.75, 3.05) is 59.1 Å². The van der Waals surface area contributed by atoms with Crippen LogP contribution in [0.1, 0.15) is 13.8 Å². The van der Waals surface area contributed by atoms with Crippen molar-refractivity contribution in [3.8, 4) is 0 Å². The molecule has 2 aliphatic rings. The molecule has 2 heterocycles. The Morgan fingerprint density at radius 1 is 1.35 bits per heavy atom. The van der Waals surface area contributed by atoms with Gasteiger partial charge in [-0.1, -0.05) is 0 Å². The number of rotatable bonds is 5. The van der Waals surface area contributed by atoms with E-state index in [1.165, 1.54) is 0 Å². The topological polar surface area (TPSA) is 54.0 Å². The third-order valence-electron chi connectivity index (χ3n) is 3.76. The smallest absolute Gasteiger partial charge is 0.242 e. The molecule has 1 N–H and O–H groups in total. The van der Waals surface area contributed by atoms with Crippen LogP contribution in [-0.4, -0.2) is 86.9 Å². The van der Waals surface area contributed by atoms with Crippen molar-refractivity contribution in [2.24, 2.45) is 0 Å². The second-order valence-electron chi connectivity index (χ2n) is 5.67. The Hall–Kier alpha value is -0.690. The minimum absolute atomic E-state index is 0.153. The number of hydrogen-bond donors (Lipinski definition) is 1. The predicted octanol–water partition coefficient (Wildman–Crippen LogP) is -0.456. The Morgan fingerprint density at radius 2 is 2.10 bits per heavy atom. The lowest BCUT2D eigenvalue weighted by atomic mass is 10.2. The van der Waals surface area contributed by atoms with Crippen LogP contribution in [0.25, 0.3) is 0 Å². The largest absolute Gasteiger partial charge is 0.378 e. The third kappa shape index (κ3) is 4.70. The first-order valence-corrected chi connectivity index (χ1v) is 7.60. The van der Waals surface area contributed by atoms with Crippen LogP contribution in [0, 0.1) is 0 Å². The molecule has 0 aromatic carbocycles. The maximum atomic E-state index is 12.3. The highest BCUT2D eigenvalue weighted by Crippen LogP contribution is 2.06. The first kappa shape index (κ1) is 15.7. The van der Waals surface area contributed by atoms with Gasteiger partial charge in [0.2, 0.25) is 5.91 Å². The van der Waals surface area contributed by atoms with Gasteiger partial charge in [0.1, 0.15) is 6.04 Å². The van der Waals surface area contributed by atoms with Crippen molar-refractivity contribution in [3.05, 3.63) is 0 Å². The zero-order valence-electron chi connectivity index (χ0n) is 12.6. The van der Waals surface area contributed by atoms with E-state index in [1.807, 2.05) is 4.90 Å². The van der Waals surface area contributed by atoms with E-state index < -0.39 is 0 Å². The molecule has 0 aliphatic carbocycles. The van der Waals surface area contributed by atoms with Gasteiger partial charge in [-0.2, -0.15) is 0 Å². The summed E-state index contributed by atoms with van der Waals surface area (Å²) in [5.41, 5.74) is 0. The average Bonchev–Trinajstić information content (AvgIpc) is 2.48. The summed E-state index contributed by atoms with van der Waals surface area (Å²) in [7, 11) is 0. The Labute approximate surface area is 121 Å². The van der Waals surface area contributed by atoms with E-state index in [0.29, 0.717) is 13.2 Å². The van der Waals surface area contributed by atoms with Crippen molar-refractivity contribution in [3.63, 3.8) is 0 Å². The maximum absolute atomic E-state index is 12.3. The van der Waals surface area contributed by atoms with Crippen LogP contribution in [0.2, 0.25) is 0 Å². The van der Waals surface area contributed by atoms with Crippen LogP contribution in [-0.2, 0) is 14.3 Å². The van der Waals surface area contributed by atoms with Gasteiger partial charge < -0.3 is 19.7 Å². The molecule has 0 aromatic heterocycles. The molecule has 0 spiro atoms. The number of hydrogen-bond acceptors (Lipinski definition) is 5. The van der Waals surface area contributed by atoms with Crippen LogP contribution in [0.4, 0.5) is 0 Å². The van der Waals surface area contributed by atoms with Gasteiger partial charge in [0.25, 0.3) is 0 Å². The lowest BCUT2D eigenvalue weighted by Gasteiger charge is -2.37. The standard InChI is InChI=1S/C14H27N3O3/c1-12(2)20-10-8-16-4-6-17(7-5-16)14(18)13-11-19-9-3-15-13/h12-13,15H,3-11H2,1-2H3. The van der Waals surface area contributed by atoms with Crippen molar-refractivity contribution >= 4 is 5.91 Å². The molecule has 2 fully saturated rings. The summed E-state index contributed by atoms with van der Waals surface area (Å²) in [6, 6.07) is -0.153. The number of morpholine rings is 1. The van der Waals surface area contributed by atoms with Crippen molar-refractivity contribution < 1.29 is 14.3 Å². The zero-order chi connectivity index (χ0) is 14.4. The van der Waals surface area contributed by atoms with Crippen molar-refractivity contribution in [1.82, 2.24) is 15.1 Å². The molecular formula is C14H27N3O3. The van der Waals surface area contributed by atoms with Gasteiger partial charge in [-0.3, -0.25) is 9.69 Å². The van der Waals surface area contributed by atoms with E-state index in [1.54, 1.807) is 0 Å². The Kier molecular flexibility index (Phi) is 6.22. The molecule has 1 atom stereocenters. The van der Waals surface area contributed by atoms with Crippen LogP contribution >= 0.6 is 0 Å². The third-order valence-corrected chi connectivity index (χ3v) is 3.76. The Balaban J connectivity index is 1.66. The van der Waals surface area contributed by atoms with E-state index in [0.717, 1.165) is 45.9 Å². The number of ether oxygens (including phenoxy) is 2. The highest BCUT2D eigenvalue weighted by atomic mass is 16.5. The summed E-state index contributed by atoms with van der Waals surface area (Å²) in [5.74, 6) is 0.183. The minimum Gasteiger partial charge on any atom is -0.378 e. The normalized spacial score (nSPS) is 25.1. The highest BCUT2D eigenvalue weighted by molar-refractivity contribution is 5.82. The summed E-state index contributed by atoms with van der Waals surface area (Å²) in [6.45, 7) is 11.3. The molecule has 6 heteroatoms. The van der Waals surface area contributed by atoms with E-state index >= 15 is 0 Å². The summed E-state index contributed by atoms with van der Waals surface area (Å²) in [5, 5.41) is 3.22. The van der Waals surface area contributed by atoms with Gasteiger partial charge in [0.15, 0.2) is 0 Å². The van der Waals surface area contributed by atoms with Gasteiger partial charge in [0, 0.05) is 39.3 Å². The molecule has 2 rings (SSSR count). The number of nitrogens with one attached hydrogen (secondary N) is 1. The first-order chi connectivity index (χ1) is 9.66. The Morgan fingerprint density at radius 3 is 2.70 bits per heavy atom. The molecule has 116 valence electrons. The Bertz CT molecular complexity index is 298. The lowest BCUT2D eigenvalue weighted by molar-refractivity contribution is -0.138. The first-order valence-electron chi connectivity index (χ1n) is 7.60. The SMILES string of the molecule is CC(C)OCCN1CCN(C(=O)C2COCCN2)CC1. The molecule has 20 heavy (non-hydrogen) atoms. The van der Waals surface area contributed by atoms with E-state index in [4.69, 9.17) is 9.47 Å². The van der Waals surface area contributed by atoms with Crippen molar-refractivity contribution in [2.45, 2.75) is 26.0 Å².